The van der Waals surface area contributed by atoms with E-state index in [0.29, 0.717) is 12.4 Å². The number of hydrogen-bond donors (Lipinski definition) is 0. The Balaban J connectivity index is 1.74. The number of ether oxygens (including phenoxy) is 3. The fourth-order valence-electron chi connectivity index (χ4n) is 3.97. The van der Waals surface area contributed by atoms with Crippen molar-refractivity contribution in [2.75, 3.05) is 19.8 Å². The summed E-state index contributed by atoms with van der Waals surface area (Å²) in [5.41, 5.74) is -0.633. The quantitative estimate of drug-likeness (QED) is 0.471. The molecule has 2 fully saturated rings. The number of rotatable bonds is 4. The van der Waals surface area contributed by atoms with Gasteiger partial charge in [0.25, 0.3) is 0 Å². The minimum absolute atomic E-state index is 0.146. The molecular weight excluding hydrogens is 326 g/mol. The number of nitrogens with zero attached hydrogens (tertiary/aromatic N) is 1. The number of hydrogen-bond acceptors (Lipinski definition) is 6. The lowest BCUT2D eigenvalue weighted by atomic mass is 9.53. The molecule has 0 radical (unpaired) electrons. The number of benzene rings is 1. The van der Waals surface area contributed by atoms with Gasteiger partial charge in [0.2, 0.25) is 5.91 Å². The lowest BCUT2D eigenvalue weighted by molar-refractivity contribution is -0.186. The lowest BCUT2D eigenvalue weighted by Crippen LogP contribution is -2.66. The van der Waals surface area contributed by atoms with E-state index in [1.165, 1.54) is 0 Å². The third-order valence-electron chi connectivity index (χ3n) is 5.17. The number of amides is 2. The molecule has 2 amide bonds. The van der Waals surface area contributed by atoms with Gasteiger partial charge in [0.15, 0.2) is 5.41 Å². The van der Waals surface area contributed by atoms with Crippen LogP contribution in [-0.4, -0.2) is 48.7 Å². The second kappa shape index (κ2) is 5.84. The first kappa shape index (κ1) is 16.1. The van der Waals surface area contributed by atoms with Gasteiger partial charge in [-0.3, -0.25) is 9.59 Å². The molecule has 2 heterocycles. The van der Waals surface area contributed by atoms with Gasteiger partial charge in [0, 0.05) is 18.1 Å². The van der Waals surface area contributed by atoms with E-state index in [1.807, 2.05) is 19.1 Å². The van der Waals surface area contributed by atoms with Crippen molar-refractivity contribution < 1.29 is 28.6 Å². The maximum atomic E-state index is 13.1. The Morgan fingerprint density at radius 3 is 2.88 bits per heavy atom. The van der Waals surface area contributed by atoms with E-state index < -0.39 is 29.3 Å². The zero-order valence-electron chi connectivity index (χ0n) is 13.9. The summed E-state index contributed by atoms with van der Waals surface area (Å²) in [5.74, 6) is -1.15. The molecule has 0 aromatic heterocycles. The minimum Gasteiger partial charge on any atom is -0.447 e. The molecule has 132 valence electrons. The van der Waals surface area contributed by atoms with Crippen molar-refractivity contribution in [2.24, 2.45) is 5.41 Å². The molecule has 1 saturated heterocycles. The van der Waals surface area contributed by atoms with Crippen molar-refractivity contribution in [1.82, 2.24) is 4.90 Å². The standard InChI is InChI=1S/C18H19NO6/c1-2-8-23-13-10-18(15(20)19-7-9-24-17(19)22)14(13)11-5-3-4-6-12(11)25-16(18)21/h3-6,13-14H,2,7-10H2,1H3/t13-,14-,18+/m0/s1. The highest BCUT2D eigenvalue weighted by molar-refractivity contribution is 6.11. The van der Waals surface area contributed by atoms with Crippen LogP contribution in [0.5, 0.6) is 5.75 Å². The fraction of sp³-hybridized carbons (Fsp3) is 0.500. The normalized spacial score (nSPS) is 30.0. The average Bonchev–Trinajstić information content (AvgIpc) is 3.01. The van der Waals surface area contributed by atoms with Crippen LogP contribution in [0.1, 0.15) is 31.2 Å². The molecule has 7 heteroatoms. The SMILES string of the molecule is CCCO[C@H]1C[C@@]2(C(=O)N3CCOC3=O)C(=O)Oc3ccccc3[C@@H]12. The van der Waals surface area contributed by atoms with Gasteiger partial charge in [-0.2, -0.15) is 0 Å². The predicted molar refractivity (Wildman–Crippen MR) is 85.0 cm³/mol. The Hall–Kier alpha value is -2.41. The molecule has 0 spiro atoms. The monoisotopic (exact) mass is 345 g/mol. The van der Waals surface area contributed by atoms with Crippen LogP contribution in [0.25, 0.3) is 0 Å². The fourth-order valence-corrected chi connectivity index (χ4v) is 3.97. The van der Waals surface area contributed by atoms with Crippen molar-refractivity contribution in [3.05, 3.63) is 29.8 Å². The lowest BCUT2D eigenvalue weighted by Gasteiger charge is -2.54. The van der Waals surface area contributed by atoms with Crippen LogP contribution in [0.4, 0.5) is 4.79 Å². The number of imide groups is 1. The number of cyclic esters (lactones) is 1. The molecule has 1 aromatic carbocycles. The molecule has 0 unspecified atom stereocenters. The van der Waals surface area contributed by atoms with Crippen LogP contribution >= 0.6 is 0 Å². The van der Waals surface area contributed by atoms with Crippen molar-refractivity contribution in [3.63, 3.8) is 0 Å². The van der Waals surface area contributed by atoms with Crippen LogP contribution in [-0.2, 0) is 19.1 Å². The molecular formula is C18H19NO6. The Kier molecular flexibility index (Phi) is 3.76. The van der Waals surface area contributed by atoms with Gasteiger partial charge in [0.05, 0.1) is 12.6 Å². The molecule has 7 nitrogen and oxygen atoms in total. The van der Waals surface area contributed by atoms with Gasteiger partial charge in [0.1, 0.15) is 12.4 Å². The van der Waals surface area contributed by atoms with E-state index in [9.17, 15) is 14.4 Å². The molecule has 1 saturated carbocycles. The third-order valence-corrected chi connectivity index (χ3v) is 5.17. The Morgan fingerprint density at radius 2 is 2.16 bits per heavy atom. The Bertz CT molecular complexity index is 747. The summed E-state index contributed by atoms with van der Waals surface area (Å²) < 4.78 is 16.2. The molecule has 3 aliphatic rings. The number of esters is 1. The number of fused-ring (bicyclic) bond motifs is 3. The zero-order valence-corrected chi connectivity index (χ0v) is 13.9. The van der Waals surface area contributed by atoms with Crippen molar-refractivity contribution in [2.45, 2.75) is 31.8 Å². The Morgan fingerprint density at radius 1 is 1.36 bits per heavy atom. The van der Waals surface area contributed by atoms with Gasteiger partial charge in [-0.15, -0.1) is 0 Å². The summed E-state index contributed by atoms with van der Waals surface area (Å²) in [7, 11) is 0. The summed E-state index contributed by atoms with van der Waals surface area (Å²) in [6, 6.07) is 7.17. The van der Waals surface area contributed by atoms with E-state index in [-0.39, 0.29) is 25.7 Å². The molecule has 25 heavy (non-hydrogen) atoms. The van der Waals surface area contributed by atoms with E-state index in [2.05, 4.69) is 0 Å². The van der Waals surface area contributed by atoms with Gasteiger partial charge in [-0.1, -0.05) is 25.1 Å². The van der Waals surface area contributed by atoms with E-state index >= 15 is 0 Å². The van der Waals surface area contributed by atoms with Crippen molar-refractivity contribution >= 4 is 18.0 Å². The summed E-state index contributed by atoms with van der Waals surface area (Å²) in [5, 5.41) is 0. The number of para-hydroxylation sites is 1. The number of carbonyl (C=O) groups is 3. The largest absolute Gasteiger partial charge is 0.447 e. The van der Waals surface area contributed by atoms with Crippen LogP contribution < -0.4 is 4.74 Å². The van der Waals surface area contributed by atoms with E-state index in [0.717, 1.165) is 16.9 Å². The first-order valence-electron chi connectivity index (χ1n) is 8.51. The topological polar surface area (TPSA) is 82.1 Å². The highest BCUT2D eigenvalue weighted by atomic mass is 16.6. The zero-order chi connectivity index (χ0) is 17.6. The van der Waals surface area contributed by atoms with Gasteiger partial charge < -0.3 is 14.2 Å². The summed E-state index contributed by atoms with van der Waals surface area (Å²) in [4.78, 5) is 38.7. The van der Waals surface area contributed by atoms with Gasteiger partial charge >= 0.3 is 12.1 Å². The van der Waals surface area contributed by atoms with Crippen LogP contribution in [0.15, 0.2) is 24.3 Å². The first-order chi connectivity index (χ1) is 12.1. The van der Waals surface area contributed by atoms with Crippen molar-refractivity contribution in [3.8, 4) is 5.75 Å². The molecule has 2 aliphatic heterocycles. The van der Waals surface area contributed by atoms with E-state index in [1.54, 1.807) is 12.1 Å². The second-order valence-electron chi connectivity index (χ2n) is 6.56. The van der Waals surface area contributed by atoms with Crippen LogP contribution in [0.2, 0.25) is 0 Å². The predicted octanol–water partition coefficient (Wildman–Crippen LogP) is 1.85. The van der Waals surface area contributed by atoms with E-state index in [4.69, 9.17) is 14.2 Å². The Labute approximate surface area is 144 Å². The van der Waals surface area contributed by atoms with Crippen LogP contribution in [0, 0.1) is 5.41 Å². The number of carbonyl (C=O) groups excluding carboxylic acids is 3. The summed E-state index contributed by atoms with van der Waals surface area (Å²) in [6.07, 6.45) is 0.0987. The van der Waals surface area contributed by atoms with Gasteiger partial charge in [-0.05, 0) is 18.9 Å². The van der Waals surface area contributed by atoms with Gasteiger partial charge in [-0.25, -0.2) is 9.69 Å². The highest BCUT2D eigenvalue weighted by Gasteiger charge is 2.70. The maximum absolute atomic E-state index is 13.1. The summed E-state index contributed by atoms with van der Waals surface area (Å²) >= 11 is 0. The highest BCUT2D eigenvalue weighted by Crippen LogP contribution is 2.60. The average molecular weight is 345 g/mol. The minimum atomic E-state index is -1.41. The summed E-state index contributed by atoms with van der Waals surface area (Å²) in [6.45, 7) is 2.85. The molecule has 0 N–H and O–H groups in total. The first-order valence-corrected chi connectivity index (χ1v) is 8.51. The van der Waals surface area contributed by atoms with Crippen LogP contribution in [0.3, 0.4) is 0 Å². The van der Waals surface area contributed by atoms with Crippen molar-refractivity contribution in [1.29, 1.82) is 0 Å². The molecule has 0 bridgehead atoms. The molecule has 1 aliphatic carbocycles. The maximum Gasteiger partial charge on any atom is 0.416 e. The molecule has 1 aromatic rings. The second-order valence-corrected chi connectivity index (χ2v) is 6.56. The molecule has 4 rings (SSSR count). The smallest absolute Gasteiger partial charge is 0.416 e. The molecule has 3 atom stereocenters. The third kappa shape index (κ3) is 2.18.